The van der Waals surface area contributed by atoms with Crippen LogP contribution in [-0.2, 0) is 12.7 Å². The van der Waals surface area contributed by atoms with Crippen molar-refractivity contribution in [3.8, 4) is 0 Å². The highest BCUT2D eigenvalue weighted by atomic mass is 19.4. The molecule has 9 heteroatoms. The van der Waals surface area contributed by atoms with Gasteiger partial charge in [-0.05, 0) is 18.9 Å². The monoisotopic (exact) mass is 285 g/mol. The minimum atomic E-state index is -4.50. The van der Waals surface area contributed by atoms with Crippen LogP contribution in [-0.4, -0.2) is 20.1 Å². The first kappa shape index (κ1) is 12.8. The summed E-state index contributed by atoms with van der Waals surface area (Å²) in [5.41, 5.74) is -0.998. The molecule has 1 saturated carbocycles. The van der Waals surface area contributed by atoms with Crippen molar-refractivity contribution in [2.24, 2.45) is 0 Å². The topological polar surface area (TPSA) is 76.7 Å². The Morgan fingerprint density at radius 2 is 2.10 bits per heavy atom. The molecule has 1 N–H and O–H groups in total. The number of alkyl halides is 3. The van der Waals surface area contributed by atoms with Crippen LogP contribution in [0.1, 0.15) is 36.2 Å². The summed E-state index contributed by atoms with van der Waals surface area (Å²) in [7, 11) is 0. The molecule has 0 spiro atoms. The molecule has 1 aliphatic carbocycles. The zero-order valence-corrected chi connectivity index (χ0v) is 10.2. The summed E-state index contributed by atoms with van der Waals surface area (Å²) in [6, 6.07) is 0.810. The summed E-state index contributed by atoms with van der Waals surface area (Å²) in [6.07, 6.45) is -1.38. The molecule has 0 atom stereocenters. The quantitative estimate of drug-likeness (QED) is 0.929. The van der Waals surface area contributed by atoms with E-state index in [-0.39, 0.29) is 12.5 Å². The van der Waals surface area contributed by atoms with Crippen LogP contribution in [0.3, 0.4) is 0 Å². The maximum atomic E-state index is 12.5. The maximum absolute atomic E-state index is 12.5. The molecule has 3 rings (SSSR count). The van der Waals surface area contributed by atoms with E-state index in [1.807, 2.05) is 0 Å². The van der Waals surface area contributed by atoms with E-state index in [1.165, 1.54) is 0 Å². The average molecular weight is 285 g/mol. The maximum Gasteiger partial charge on any atom is 0.433 e. The van der Waals surface area contributed by atoms with Gasteiger partial charge in [0, 0.05) is 12.1 Å². The van der Waals surface area contributed by atoms with Crippen LogP contribution in [0.5, 0.6) is 0 Å². The fourth-order valence-corrected chi connectivity index (χ4v) is 1.60. The molecule has 106 valence electrons. The fourth-order valence-electron chi connectivity index (χ4n) is 1.60. The van der Waals surface area contributed by atoms with Crippen molar-refractivity contribution in [2.45, 2.75) is 31.5 Å². The second-order valence-corrected chi connectivity index (χ2v) is 4.44. The van der Waals surface area contributed by atoms with E-state index in [4.69, 9.17) is 4.52 Å². The number of nitrogens with zero attached hydrogens (tertiary/aromatic N) is 4. The van der Waals surface area contributed by atoms with Gasteiger partial charge in [0.1, 0.15) is 5.69 Å². The molecule has 0 amide bonds. The van der Waals surface area contributed by atoms with Crippen molar-refractivity contribution in [2.75, 3.05) is 5.32 Å². The van der Waals surface area contributed by atoms with Gasteiger partial charge in [-0.2, -0.15) is 18.2 Å². The Morgan fingerprint density at radius 3 is 2.80 bits per heavy atom. The Kier molecular flexibility index (Phi) is 3.03. The van der Waals surface area contributed by atoms with E-state index < -0.39 is 11.9 Å². The van der Waals surface area contributed by atoms with Crippen LogP contribution in [0.25, 0.3) is 0 Å². The van der Waals surface area contributed by atoms with E-state index in [9.17, 15) is 13.2 Å². The lowest BCUT2D eigenvalue weighted by molar-refractivity contribution is -0.141. The molecule has 20 heavy (non-hydrogen) atoms. The normalized spacial score (nSPS) is 15.3. The van der Waals surface area contributed by atoms with Crippen molar-refractivity contribution in [1.29, 1.82) is 0 Å². The summed E-state index contributed by atoms with van der Waals surface area (Å²) in [6.45, 7) is 0.109. The number of anilines is 1. The highest BCUT2D eigenvalue weighted by Crippen LogP contribution is 2.38. The average Bonchev–Trinajstić information content (AvgIpc) is 3.15. The number of halogens is 3. The second kappa shape index (κ2) is 4.73. The van der Waals surface area contributed by atoms with Gasteiger partial charge >= 0.3 is 6.18 Å². The smallest absolute Gasteiger partial charge is 0.347 e. The van der Waals surface area contributed by atoms with Gasteiger partial charge in [0.2, 0.25) is 11.8 Å². The van der Waals surface area contributed by atoms with E-state index in [1.54, 1.807) is 0 Å². The molecule has 6 nitrogen and oxygen atoms in total. The van der Waals surface area contributed by atoms with Crippen LogP contribution in [0.4, 0.5) is 19.1 Å². The molecule has 0 saturated heterocycles. The molecular formula is C11H10F3N5O. The van der Waals surface area contributed by atoms with Crippen molar-refractivity contribution in [1.82, 2.24) is 20.1 Å². The van der Waals surface area contributed by atoms with Crippen LogP contribution >= 0.6 is 0 Å². The largest absolute Gasteiger partial charge is 0.433 e. The van der Waals surface area contributed by atoms with Gasteiger partial charge in [-0.25, -0.2) is 9.97 Å². The summed E-state index contributed by atoms with van der Waals surface area (Å²) in [5.74, 6) is 1.15. The fraction of sp³-hybridized carbons (Fsp3) is 0.455. The second-order valence-electron chi connectivity index (χ2n) is 4.44. The predicted octanol–water partition coefficient (Wildman–Crippen LogP) is 2.37. The number of hydrogen-bond donors (Lipinski definition) is 1. The van der Waals surface area contributed by atoms with Crippen LogP contribution < -0.4 is 5.32 Å². The zero-order valence-electron chi connectivity index (χ0n) is 10.2. The molecule has 2 aromatic rings. The summed E-state index contributed by atoms with van der Waals surface area (Å²) < 4.78 is 42.5. The van der Waals surface area contributed by atoms with Gasteiger partial charge in [-0.1, -0.05) is 5.16 Å². The number of aromatic nitrogens is 4. The lowest BCUT2D eigenvalue weighted by Crippen LogP contribution is -2.11. The Labute approximate surface area is 111 Å². The number of nitrogens with one attached hydrogen (secondary N) is 1. The molecular weight excluding hydrogens is 275 g/mol. The Bertz CT molecular complexity index is 608. The summed E-state index contributed by atoms with van der Waals surface area (Å²) in [4.78, 5) is 11.2. The van der Waals surface area contributed by atoms with Gasteiger partial charge in [0.25, 0.3) is 0 Å². The Balaban J connectivity index is 1.65. The third-order valence-corrected chi connectivity index (χ3v) is 2.76. The van der Waals surface area contributed by atoms with Crippen LogP contribution in [0.2, 0.25) is 0 Å². The van der Waals surface area contributed by atoms with E-state index >= 15 is 0 Å². The van der Waals surface area contributed by atoms with Crippen LogP contribution in [0, 0.1) is 0 Å². The standard InChI is InChI=1S/C11H10F3N5O/c12-11(13,14)7-3-4-15-10(17-7)16-5-8-18-9(20-19-8)6-1-2-6/h3-4,6H,1-2,5H2,(H,15,16,17). The molecule has 1 aliphatic rings. The van der Waals surface area contributed by atoms with E-state index in [2.05, 4.69) is 25.4 Å². The first-order chi connectivity index (χ1) is 9.52. The predicted molar refractivity (Wildman–Crippen MR) is 60.6 cm³/mol. The minimum absolute atomic E-state index is 0.109. The Morgan fingerprint density at radius 1 is 1.30 bits per heavy atom. The van der Waals surface area contributed by atoms with Crippen molar-refractivity contribution in [3.63, 3.8) is 0 Å². The Hall–Kier alpha value is -2.19. The summed E-state index contributed by atoms with van der Waals surface area (Å²) in [5, 5.41) is 6.38. The number of rotatable bonds is 4. The molecule has 0 radical (unpaired) electrons. The zero-order chi connectivity index (χ0) is 14.2. The van der Waals surface area contributed by atoms with Crippen LogP contribution in [0.15, 0.2) is 16.8 Å². The van der Waals surface area contributed by atoms with Gasteiger partial charge in [0.05, 0.1) is 6.54 Å². The van der Waals surface area contributed by atoms with Crippen molar-refractivity contribution < 1.29 is 17.7 Å². The van der Waals surface area contributed by atoms with E-state index in [0.717, 1.165) is 25.1 Å². The first-order valence-electron chi connectivity index (χ1n) is 5.99. The molecule has 0 aromatic carbocycles. The van der Waals surface area contributed by atoms with Gasteiger partial charge in [-0.3, -0.25) is 0 Å². The molecule has 0 bridgehead atoms. The lowest BCUT2D eigenvalue weighted by Gasteiger charge is -2.07. The van der Waals surface area contributed by atoms with Crippen molar-refractivity contribution >= 4 is 5.95 Å². The van der Waals surface area contributed by atoms with E-state index in [0.29, 0.717) is 17.6 Å². The minimum Gasteiger partial charge on any atom is -0.347 e. The molecule has 1 fully saturated rings. The third-order valence-electron chi connectivity index (χ3n) is 2.76. The first-order valence-corrected chi connectivity index (χ1v) is 5.99. The van der Waals surface area contributed by atoms with Gasteiger partial charge in [0.15, 0.2) is 5.82 Å². The van der Waals surface area contributed by atoms with Crippen molar-refractivity contribution in [3.05, 3.63) is 29.7 Å². The molecule has 0 unspecified atom stereocenters. The molecule has 2 aromatic heterocycles. The lowest BCUT2D eigenvalue weighted by atomic mass is 10.4. The van der Waals surface area contributed by atoms with Gasteiger partial charge in [-0.15, -0.1) is 0 Å². The SMILES string of the molecule is FC(F)(F)c1ccnc(NCc2noc(C3CC3)n2)n1. The highest BCUT2D eigenvalue weighted by molar-refractivity contribution is 5.26. The van der Waals surface area contributed by atoms with Gasteiger partial charge < -0.3 is 9.84 Å². The third kappa shape index (κ3) is 2.86. The molecule has 0 aliphatic heterocycles. The number of hydrogen-bond acceptors (Lipinski definition) is 6. The molecule has 2 heterocycles. The highest BCUT2D eigenvalue weighted by Gasteiger charge is 2.33. The summed E-state index contributed by atoms with van der Waals surface area (Å²) >= 11 is 0.